The van der Waals surface area contributed by atoms with Gasteiger partial charge in [-0.25, -0.2) is 4.79 Å². The zero-order valence-corrected chi connectivity index (χ0v) is 20.4. The SMILES string of the molecule is COc1cccc(NCC(=O)Nc2ccc(-c3cn[nH]c3)cc2OCCN(C)C)c1.O=C(O)C(F)(F)F. The molecular weight excluding hydrogens is 495 g/mol. The summed E-state index contributed by atoms with van der Waals surface area (Å²) >= 11 is 0. The van der Waals surface area contributed by atoms with Crippen LogP contribution in [0, 0.1) is 0 Å². The minimum Gasteiger partial charge on any atom is -0.497 e. The smallest absolute Gasteiger partial charge is 0.490 e. The predicted molar refractivity (Wildman–Crippen MR) is 132 cm³/mol. The van der Waals surface area contributed by atoms with E-state index in [1.807, 2.05) is 67.7 Å². The van der Waals surface area contributed by atoms with Crippen molar-refractivity contribution in [2.75, 3.05) is 51.5 Å². The molecule has 2 aromatic carbocycles. The lowest BCUT2D eigenvalue weighted by molar-refractivity contribution is -0.192. The van der Waals surface area contributed by atoms with E-state index < -0.39 is 12.1 Å². The number of hydrogen-bond donors (Lipinski definition) is 4. The first-order chi connectivity index (χ1) is 17.5. The number of benzene rings is 2. The average Bonchev–Trinajstić information content (AvgIpc) is 3.38. The Hall–Kier alpha value is -4.26. The van der Waals surface area contributed by atoms with E-state index in [0.29, 0.717) is 18.0 Å². The molecule has 1 aromatic heterocycles. The number of halogens is 3. The van der Waals surface area contributed by atoms with Crippen LogP contribution in [0.1, 0.15) is 0 Å². The number of H-pyrrole nitrogens is 1. The van der Waals surface area contributed by atoms with Crippen LogP contribution in [0.2, 0.25) is 0 Å². The lowest BCUT2D eigenvalue weighted by Gasteiger charge is -2.16. The maximum atomic E-state index is 12.5. The first-order valence-electron chi connectivity index (χ1n) is 10.9. The summed E-state index contributed by atoms with van der Waals surface area (Å²) in [5.74, 6) is -1.59. The monoisotopic (exact) mass is 523 g/mol. The number of nitrogens with zero attached hydrogens (tertiary/aromatic N) is 2. The number of carbonyl (C=O) groups excluding carboxylic acids is 1. The molecule has 1 heterocycles. The van der Waals surface area contributed by atoms with Gasteiger partial charge in [-0.3, -0.25) is 9.89 Å². The molecule has 37 heavy (non-hydrogen) atoms. The fourth-order valence-electron chi connectivity index (χ4n) is 2.78. The highest BCUT2D eigenvalue weighted by Crippen LogP contribution is 2.31. The molecule has 0 saturated heterocycles. The van der Waals surface area contributed by atoms with Crippen molar-refractivity contribution in [2.24, 2.45) is 0 Å². The highest BCUT2D eigenvalue weighted by atomic mass is 19.4. The molecular formula is C24H28F3N5O5. The second-order valence-electron chi connectivity index (χ2n) is 7.79. The number of carbonyl (C=O) groups is 2. The number of anilines is 2. The Balaban J connectivity index is 0.000000604. The van der Waals surface area contributed by atoms with Crippen molar-refractivity contribution in [3.05, 3.63) is 54.9 Å². The molecule has 4 N–H and O–H groups in total. The number of carboxylic acids is 1. The molecule has 10 nitrogen and oxygen atoms in total. The van der Waals surface area contributed by atoms with Gasteiger partial charge in [-0.2, -0.15) is 18.3 Å². The number of alkyl halides is 3. The Labute approximate surface area is 211 Å². The van der Waals surface area contributed by atoms with Gasteiger partial charge in [0.2, 0.25) is 5.91 Å². The van der Waals surface area contributed by atoms with Crippen molar-refractivity contribution in [2.45, 2.75) is 6.18 Å². The molecule has 0 aliphatic rings. The first kappa shape index (κ1) is 29.0. The molecule has 0 radical (unpaired) electrons. The van der Waals surface area contributed by atoms with Crippen LogP contribution < -0.4 is 20.1 Å². The lowest BCUT2D eigenvalue weighted by Crippen LogP contribution is -2.23. The number of nitrogens with one attached hydrogen (secondary N) is 3. The third-order valence-electron chi connectivity index (χ3n) is 4.65. The van der Waals surface area contributed by atoms with Gasteiger partial charge in [-0.05, 0) is 43.9 Å². The summed E-state index contributed by atoms with van der Waals surface area (Å²) in [6, 6.07) is 13.1. The number of amides is 1. The Morgan fingerprint density at radius 3 is 2.46 bits per heavy atom. The summed E-state index contributed by atoms with van der Waals surface area (Å²) in [6.45, 7) is 1.39. The topological polar surface area (TPSA) is 129 Å². The Morgan fingerprint density at radius 2 is 1.86 bits per heavy atom. The van der Waals surface area contributed by atoms with Gasteiger partial charge >= 0.3 is 12.1 Å². The fourth-order valence-corrected chi connectivity index (χ4v) is 2.78. The van der Waals surface area contributed by atoms with Crippen molar-refractivity contribution >= 4 is 23.3 Å². The van der Waals surface area contributed by atoms with Crippen molar-refractivity contribution in [3.8, 4) is 22.6 Å². The first-order valence-corrected chi connectivity index (χ1v) is 10.9. The van der Waals surface area contributed by atoms with E-state index in [4.69, 9.17) is 19.4 Å². The van der Waals surface area contributed by atoms with Crippen molar-refractivity contribution in [1.29, 1.82) is 0 Å². The molecule has 0 saturated carbocycles. The van der Waals surface area contributed by atoms with Crippen LogP contribution in [0.15, 0.2) is 54.9 Å². The van der Waals surface area contributed by atoms with Gasteiger partial charge in [0.25, 0.3) is 0 Å². The molecule has 0 aliphatic carbocycles. The Bertz CT molecular complexity index is 1150. The maximum Gasteiger partial charge on any atom is 0.490 e. The van der Waals surface area contributed by atoms with E-state index >= 15 is 0 Å². The maximum absolute atomic E-state index is 12.5. The highest BCUT2D eigenvalue weighted by Gasteiger charge is 2.38. The van der Waals surface area contributed by atoms with Gasteiger partial charge in [-0.15, -0.1) is 0 Å². The number of carboxylic acid groups (broad SMARTS) is 1. The largest absolute Gasteiger partial charge is 0.497 e. The summed E-state index contributed by atoms with van der Waals surface area (Å²) in [5, 5.41) is 19.9. The lowest BCUT2D eigenvalue weighted by atomic mass is 10.1. The molecule has 0 bridgehead atoms. The molecule has 0 atom stereocenters. The average molecular weight is 524 g/mol. The Kier molecular flexibility index (Phi) is 10.8. The zero-order chi connectivity index (χ0) is 27.4. The number of aromatic nitrogens is 2. The summed E-state index contributed by atoms with van der Waals surface area (Å²) in [7, 11) is 5.58. The quantitative estimate of drug-likeness (QED) is 0.317. The molecule has 13 heteroatoms. The van der Waals surface area contributed by atoms with Gasteiger partial charge < -0.3 is 30.1 Å². The van der Waals surface area contributed by atoms with Gasteiger partial charge in [0.15, 0.2) is 0 Å². The normalized spacial score (nSPS) is 10.8. The standard InChI is InChI=1S/C22H27N5O3.C2HF3O2/c1-27(2)9-10-30-21-11-16(17-13-24-25-14-17)7-8-20(21)26-22(28)15-23-18-5-4-6-19(12-18)29-3;3-2(4,5)1(6)7/h4-8,11-14,23H,9-10,15H2,1-3H3,(H,24,25)(H,26,28);(H,6,7). The number of hydrogen-bond acceptors (Lipinski definition) is 7. The number of ether oxygens (including phenoxy) is 2. The van der Waals surface area contributed by atoms with E-state index in [1.165, 1.54) is 0 Å². The molecule has 1 amide bonds. The summed E-state index contributed by atoms with van der Waals surface area (Å²) in [4.78, 5) is 23.4. The summed E-state index contributed by atoms with van der Waals surface area (Å²) in [6.07, 6.45) is -1.52. The van der Waals surface area contributed by atoms with Crippen LogP contribution in [0.25, 0.3) is 11.1 Å². The van der Waals surface area contributed by atoms with E-state index in [1.54, 1.807) is 13.3 Å². The highest BCUT2D eigenvalue weighted by molar-refractivity contribution is 5.95. The van der Waals surface area contributed by atoms with Gasteiger partial charge in [-0.1, -0.05) is 12.1 Å². The second kappa shape index (κ2) is 13.7. The number of aliphatic carboxylic acids is 1. The minimum atomic E-state index is -5.08. The van der Waals surface area contributed by atoms with Gasteiger partial charge in [0.05, 0.1) is 25.5 Å². The van der Waals surface area contributed by atoms with Crippen LogP contribution in [0.5, 0.6) is 11.5 Å². The van der Waals surface area contributed by atoms with E-state index in [2.05, 4.69) is 20.8 Å². The second-order valence-corrected chi connectivity index (χ2v) is 7.79. The number of aromatic amines is 1. The van der Waals surface area contributed by atoms with Crippen LogP contribution in [0.3, 0.4) is 0 Å². The predicted octanol–water partition coefficient (Wildman–Crippen LogP) is 3.71. The summed E-state index contributed by atoms with van der Waals surface area (Å²) < 4.78 is 42.9. The zero-order valence-electron chi connectivity index (χ0n) is 20.4. The van der Waals surface area contributed by atoms with E-state index in [0.717, 1.165) is 29.1 Å². The molecule has 3 aromatic rings. The van der Waals surface area contributed by atoms with Gasteiger partial charge in [0.1, 0.15) is 18.1 Å². The third kappa shape index (κ3) is 10.1. The number of likely N-dealkylation sites (N-methyl/N-ethyl adjacent to an activating group) is 1. The van der Waals surface area contributed by atoms with Crippen molar-refractivity contribution < 1.29 is 37.3 Å². The van der Waals surface area contributed by atoms with Gasteiger partial charge in [0, 0.05) is 30.1 Å². The van der Waals surface area contributed by atoms with Crippen LogP contribution >= 0.6 is 0 Å². The molecule has 0 fully saturated rings. The van der Waals surface area contributed by atoms with E-state index in [-0.39, 0.29) is 12.5 Å². The Morgan fingerprint density at radius 1 is 1.14 bits per heavy atom. The van der Waals surface area contributed by atoms with E-state index in [9.17, 15) is 18.0 Å². The number of rotatable bonds is 10. The molecule has 0 unspecified atom stereocenters. The molecule has 0 spiro atoms. The van der Waals surface area contributed by atoms with Crippen LogP contribution in [-0.4, -0.2) is 79.2 Å². The minimum absolute atomic E-state index is 0.119. The fraction of sp³-hybridized carbons (Fsp3) is 0.292. The molecule has 3 rings (SSSR count). The third-order valence-corrected chi connectivity index (χ3v) is 4.65. The molecule has 200 valence electrons. The van der Waals surface area contributed by atoms with Crippen molar-refractivity contribution in [3.63, 3.8) is 0 Å². The molecule has 0 aliphatic heterocycles. The van der Waals surface area contributed by atoms with Crippen LogP contribution in [0.4, 0.5) is 24.5 Å². The number of methoxy groups -OCH3 is 1. The van der Waals surface area contributed by atoms with Crippen LogP contribution in [-0.2, 0) is 9.59 Å². The van der Waals surface area contributed by atoms with Crippen molar-refractivity contribution in [1.82, 2.24) is 15.1 Å². The summed E-state index contributed by atoms with van der Waals surface area (Å²) in [5.41, 5.74) is 3.34.